The van der Waals surface area contributed by atoms with Crippen LogP contribution in [0.5, 0.6) is 0 Å². The van der Waals surface area contributed by atoms with Crippen molar-refractivity contribution < 1.29 is 4.42 Å². The van der Waals surface area contributed by atoms with E-state index in [0.717, 1.165) is 15.1 Å². The maximum atomic E-state index is 5.73. The molecule has 0 aliphatic rings. The monoisotopic (exact) mass is 300 g/mol. The number of aromatic nitrogens is 3. The van der Waals surface area contributed by atoms with Gasteiger partial charge in [-0.25, -0.2) is 4.98 Å². The van der Waals surface area contributed by atoms with Gasteiger partial charge in [-0.15, -0.1) is 10.2 Å². The molecule has 2 aromatic rings. The molecule has 0 amide bonds. The highest BCUT2D eigenvalue weighted by Crippen LogP contribution is 2.34. The number of anilines is 1. The summed E-state index contributed by atoms with van der Waals surface area (Å²) >= 11 is 4.75. The number of hydrogen-bond donors (Lipinski definition) is 1. The van der Waals surface area contributed by atoms with E-state index in [1.807, 2.05) is 6.92 Å². The van der Waals surface area contributed by atoms with Crippen LogP contribution in [0, 0.1) is 13.8 Å². The minimum absolute atomic E-state index is 0.467. The molecule has 0 bridgehead atoms. The lowest BCUT2D eigenvalue weighted by Crippen LogP contribution is -1.94. The van der Waals surface area contributed by atoms with Crippen molar-refractivity contribution in [1.82, 2.24) is 15.2 Å². The third kappa shape index (κ3) is 2.19. The van der Waals surface area contributed by atoms with Gasteiger partial charge in [0.25, 0.3) is 5.22 Å². The van der Waals surface area contributed by atoms with Gasteiger partial charge in [-0.2, -0.15) is 0 Å². The SMILES string of the molecule is Cc1nnc(Sc2ncc(N)c(C)c2Br)o1. The van der Waals surface area contributed by atoms with Crippen molar-refractivity contribution in [3.8, 4) is 0 Å². The third-order valence-electron chi connectivity index (χ3n) is 1.96. The molecule has 2 N–H and O–H groups in total. The average Bonchev–Trinajstić information content (AvgIpc) is 2.65. The van der Waals surface area contributed by atoms with Crippen molar-refractivity contribution in [2.24, 2.45) is 0 Å². The van der Waals surface area contributed by atoms with E-state index in [-0.39, 0.29) is 0 Å². The first kappa shape index (κ1) is 11.4. The summed E-state index contributed by atoms with van der Waals surface area (Å²) in [4.78, 5) is 4.21. The lowest BCUT2D eigenvalue weighted by Gasteiger charge is -2.05. The van der Waals surface area contributed by atoms with Crippen LogP contribution < -0.4 is 5.73 Å². The third-order valence-corrected chi connectivity index (χ3v) is 4.04. The minimum Gasteiger partial charge on any atom is -0.416 e. The van der Waals surface area contributed by atoms with E-state index in [4.69, 9.17) is 10.2 Å². The van der Waals surface area contributed by atoms with Gasteiger partial charge in [0, 0.05) is 6.92 Å². The number of halogens is 1. The van der Waals surface area contributed by atoms with Crippen LogP contribution in [0.25, 0.3) is 0 Å². The lowest BCUT2D eigenvalue weighted by molar-refractivity contribution is 0.429. The zero-order valence-corrected chi connectivity index (χ0v) is 11.1. The van der Waals surface area contributed by atoms with Crippen molar-refractivity contribution >= 4 is 33.4 Å². The van der Waals surface area contributed by atoms with Gasteiger partial charge in [0.1, 0.15) is 5.03 Å². The molecule has 0 saturated carbocycles. The van der Waals surface area contributed by atoms with E-state index in [1.54, 1.807) is 13.1 Å². The second-order valence-corrected chi connectivity index (χ2v) is 4.88. The van der Waals surface area contributed by atoms with E-state index >= 15 is 0 Å². The molecule has 2 heterocycles. The molecule has 0 unspecified atom stereocenters. The Hall–Kier alpha value is -1.08. The summed E-state index contributed by atoms with van der Waals surface area (Å²) in [6, 6.07) is 0. The molecule has 0 atom stereocenters. The quantitative estimate of drug-likeness (QED) is 0.918. The van der Waals surface area contributed by atoms with Gasteiger partial charge in [-0.05, 0) is 40.2 Å². The fraction of sp³-hybridized carbons (Fsp3) is 0.222. The molecule has 0 aromatic carbocycles. The number of hydrogen-bond acceptors (Lipinski definition) is 6. The van der Waals surface area contributed by atoms with E-state index in [1.165, 1.54) is 11.8 Å². The highest BCUT2D eigenvalue weighted by atomic mass is 79.9. The highest BCUT2D eigenvalue weighted by Gasteiger charge is 2.12. The zero-order chi connectivity index (χ0) is 11.7. The van der Waals surface area contributed by atoms with Crippen LogP contribution in [-0.2, 0) is 0 Å². The largest absolute Gasteiger partial charge is 0.416 e. The number of nitrogens with zero attached hydrogens (tertiary/aromatic N) is 3. The van der Waals surface area contributed by atoms with Gasteiger partial charge in [-0.3, -0.25) is 0 Å². The highest BCUT2D eigenvalue weighted by molar-refractivity contribution is 9.10. The molecule has 2 rings (SSSR count). The second kappa shape index (κ2) is 4.42. The normalized spacial score (nSPS) is 10.7. The van der Waals surface area contributed by atoms with E-state index < -0.39 is 0 Å². The molecule has 0 radical (unpaired) electrons. The summed E-state index contributed by atoms with van der Waals surface area (Å²) in [6.07, 6.45) is 1.62. The molecule has 7 heteroatoms. The Morgan fingerprint density at radius 3 is 2.75 bits per heavy atom. The molecular formula is C9H9BrN4OS. The summed E-state index contributed by atoms with van der Waals surface area (Å²) in [5, 5.41) is 8.86. The average molecular weight is 301 g/mol. The smallest absolute Gasteiger partial charge is 0.282 e. The Labute approximate surface area is 105 Å². The van der Waals surface area contributed by atoms with Crippen molar-refractivity contribution in [2.45, 2.75) is 24.1 Å². The number of nitrogen functional groups attached to an aromatic ring is 1. The van der Waals surface area contributed by atoms with Crippen molar-refractivity contribution in [2.75, 3.05) is 5.73 Å². The molecule has 2 aromatic heterocycles. The Balaban J connectivity index is 2.32. The summed E-state index contributed by atoms with van der Waals surface area (Å²) in [5.74, 6) is 0.533. The van der Waals surface area contributed by atoms with Gasteiger partial charge in [-0.1, -0.05) is 0 Å². The number of aryl methyl sites for hydroxylation is 1. The van der Waals surface area contributed by atoms with E-state index in [9.17, 15) is 0 Å². The number of pyridine rings is 1. The molecular weight excluding hydrogens is 292 g/mol. The fourth-order valence-corrected chi connectivity index (χ4v) is 2.37. The van der Waals surface area contributed by atoms with Gasteiger partial charge >= 0.3 is 0 Å². The molecule has 0 fully saturated rings. The van der Waals surface area contributed by atoms with Crippen LogP contribution in [0.3, 0.4) is 0 Å². The molecule has 0 saturated heterocycles. The van der Waals surface area contributed by atoms with Crippen molar-refractivity contribution in [1.29, 1.82) is 0 Å². The van der Waals surface area contributed by atoms with Crippen molar-refractivity contribution in [3.63, 3.8) is 0 Å². The fourth-order valence-electron chi connectivity index (χ4n) is 1.04. The summed E-state index contributed by atoms with van der Waals surface area (Å²) in [5.41, 5.74) is 7.34. The zero-order valence-electron chi connectivity index (χ0n) is 8.69. The van der Waals surface area contributed by atoms with E-state index in [2.05, 4.69) is 31.1 Å². The first-order chi connectivity index (χ1) is 7.58. The predicted octanol–water partition coefficient (Wildman–Crippen LogP) is 2.58. The molecule has 0 spiro atoms. The summed E-state index contributed by atoms with van der Waals surface area (Å²) in [7, 11) is 0. The first-order valence-corrected chi connectivity index (χ1v) is 6.07. The molecule has 0 aliphatic carbocycles. The van der Waals surface area contributed by atoms with Gasteiger partial charge in [0.2, 0.25) is 5.89 Å². The van der Waals surface area contributed by atoms with Crippen LogP contribution >= 0.6 is 27.7 Å². The number of nitrogens with two attached hydrogens (primary N) is 1. The Morgan fingerprint density at radius 1 is 1.38 bits per heavy atom. The summed E-state index contributed by atoms with van der Waals surface area (Å²) in [6.45, 7) is 3.66. The standard InChI is InChI=1S/C9H9BrN4OS/c1-4-6(11)3-12-8(7(4)10)16-9-14-13-5(2)15-9/h3H,11H2,1-2H3. The molecule has 0 aliphatic heterocycles. The predicted molar refractivity (Wildman–Crippen MR) is 64.2 cm³/mol. The van der Waals surface area contributed by atoms with Crippen LogP contribution in [0.1, 0.15) is 11.5 Å². The summed E-state index contributed by atoms with van der Waals surface area (Å²) < 4.78 is 6.12. The van der Waals surface area contributed by atoms with Crippen LogP contribution in [-0.4, -0.2) is 15.2 Å². The Bertz CT molecular complexity index is 528. The topological polar surface area (TPSA) is 77.8 Å². The second-order valence-electron chi connectivity index (χ2n) is 3.15. The molecule has 5 nitrogen and oxygen atoms in total. The first-order valence-electron chi connectivity index (χ1n) is 4.46. The lowest BCUT2D eigenvalue weighted by atomic mass is 10.3. The Kier molecular flexibility index (Phi) is 3.15. The molecule has 16 heavy (non-hydrogen) atoms. The number of rotatable bonds is 2. The van der Waals surface area contributed by atoms with Crippen molar-refractivity contribution in [3.05, 3.63) is 22.1 Å². The maximum absolute atomic E-state index is 5.73. The Morgan fingerprint density at radius 2 is 2.12 bits per heavy atom. The van der Waals surface area contributed by atoms with Gasteiger partial charge in [0.05, 0.1) is 16.4 Å². The van der Waals surface area contributed by atoms with E-state index in [0.29, 0.717) is 16.8 Å². The van der Waals surface area contributed by atoms with Gasteiger partial charge < -0.3 is 10.2 Å². The van der Waals surface area contributed by atoms with Crippen LogP contribution in [0.4, 0.5) is 5.69 Å². The molecule has 84 valence electrons. The van der Waals surface area contributed by atoms with Crippen LogP contribution in [0.15, 0.2) is 25.3 Å². The minimum atomic E-state index is 0.467. The van der Waals surface area contributed by atoms with Crippen LogP contribution in [0.2, 0.25) is 0 Å². The van der Waals surface area contributed by atoms with Gasteiger partial charge in [0.15, 0.2) is 0 Å². The maximum Gasteiger partial charge on any atom is 0.282 e.